The number of aromatic nitrogens is 4. The summed E-state index contributed by atoms with van der Waals surface area (Å²) in [5, 5.41) is 19.4. The van der Waals surface area contributed by atoms with E-state index in [-0.39, 0.29) is 12.5 Å². The predicted molar refractivity (Wildman–Crippen MR) is 132 cm³/mol. The summed E-state index contributed by atoms with van der Waals surface area (Å²) < 4.78 is 22.9. The molecule has 10 heteroatoms. The molecule has 2 aromatic heterocycles. The molecule has 6 rings (SSSR count). The van der Waals surface area contributed by atoms with E-state index >= 15 is 4.39 Å². The van der Waals surface area contributed by atoms with Crippen molar-refractivity contribution in [3.8, 4) is 0 Å². The predicted octanol–water partition coefficient (Wildman–Crippen LogP) is 4.14. The third-order valence-corrected chi connectivity index (χ3v) is 8.27. The SMILES string of the molecule is Cc1cc2cnc(Nc3cnn(C4CC4)c3Cl)nc2cc1[C@@H]1CCN([C@]2(C)COCC2O)CC1F. The summed E-state index contributed by atoms with van der Waals surface area (Å²) in [6.07, 6.45) is 4.69. The summed E-state index contributed by atoms with van der Waals surface area (Å²) >= 11 is 6.48. The van der Waals surface area contributed by atoms with Crippen molar-refractivity contribution >= 4 is 34.1 Å². The van der Waals surface area contributed by atoms with Crippen LogP contribution in [-0.2, 0) is 4.74 Å². The maximum atomic E-state index is 15.6. The molecule has 35 heavy (non-hydrogen) atoms. The fourth-order valence-electron chi connectivity index (χ4n) is 5.47. The van der Waals surface area contributed by atoms with Crippen LogP contribution in [0.3, 0.4) is 0 Å². The van der Waals surface area contributed by atoms with Gasteiger partial charge in [-0.1, -0.05) is 11.6 Å². The first-order valence-corrected chi connectivity index (χ1v) is 12.6. The largest absolute Gasteiger partial charge is 0.389 e. The number of rotatable bonds is 5. The number of nitrogens with zero attached hydrogens (tertiary/aromatic N) is 5. The number of aliphatic hydroxyl groups excluding tert-OH is 1. The first kappa shape index (κ1) is 23.1. The van der Waals surface area contributed by atoms with Gasteiger partial charge in [-0.05, 0) is 62.9 Å². The average molecular weight is 501 g/mol. The molecule has 0 spiro atoms. The molecule has 0 bridgehead atoms. The molecule has 3 aromatic rings. The molecular formula is C25H30ClFN6O2. The number of nitrogens with one attached hydrogen (secondary N) is 1. The Bertz CT molecular complexity index is 1270. The number of aryl methyl sites for hydroxylation is 1. The van der Waals surface area contributed by atoms with Crippen LogP contribution in [0.5, 0.6) is 0 Å². The molecule has 4 atom stereocenters. The van der Waals surface area contributed by atoms with Crippen LogP contribution in [0, 0.1) is 6.92 Å². The highest BCUT2D eigenvalue weighted by atomic mass is 35.5. The van der Waals surface area contributed by atoms with Crippen molar-refractivity contribution in [2.75, 3.05) is 31.6 Å². The maximum absolute atomic E-state index is 15.6. The van der Waals surface area contributed by atoms with Crippen LogP contribution in [0.4, 0.5) is 16.0 Å². The van der Waals surface area contributed by atoms with Crippen LogP contribution >= 0.6 is 11.6 Å². The van der Waals surface area contributed by atoms with Crippen LogP contribution in [-0.4, -0.2) is 73.9 Å². The van der Waals surface area contributed by atoms with E-state index in [0.717, 1.165) is 34.9 Å². The topological polar surface area (TPSA) is 88.3 Å². The second-order valence-electron chi connectivity index (χ2n) is 10.4. The minimum Gasteiger partial charge on any atom is -0.389 e. The van der Waals surface area contributed by atoms with Gasteiger partial charge in [-0.2, -0.15) is 5.10 Å². The van der Waals surface area contributed by atoms with Crippen molar-refractivity contribution in [1.82, 2.24) is 24.6 Å². The number of alkyl halides is 1. The first-order chi connectivity index (χ1) is 16.8. The Hall–Kier alpha value is -2.33. The Balaban J connectivity index is 1.24. The normalized spacial score (nSPS) is 29.7. The Morgan fingerprint density at radius 2 is 2.09 bits per heavy atom. The molecule has 2 aliphatic heterocycles. The summed E-state index contributed by atoms with van der Waals surface area (Å²) in [5.74, 6) is 0.204. The Morgan fingerprint density at radius 1 is 1.26 bits per heavy atom. The lowest BCUT2D eigenvalue weighted by Crippen LogP contribution is -2.58. The van der Waals surface area contributed by atoms with Gasteiger partial charge in [-0.25, -0.2) is 19.0 Å². The second kappa shape index (κ2) is 8.65. The number of hydrogen-bond donors (Lipinski definition) is 2. The molecule has 2 unspecified atom stereocenters. The Morgan fingerprint density at radius 3 is 2.80 bits per heavy atom. The van der Waals surface area contributed by atoms with E-state index in [4.69, 9.17) is 21.3 Å². The number of ether oxygens (including phenoxy) is 1. The van der Waals surface area contributed by atoms with Gasteiger partial charge in [-0.3, -0.25) is 4.90 Å². The lowest BCUT2D eigenvalue weighted by Gasteiger charge is -2.45. The number of aliphatic hydroxyl groups is 1. The summed E-state index contributed by atoms with van der Waals surface area (Å²) in [4.78, 5) is 11.2. The first-order valence-electron chi connectivity index (χ1n) is 12.3. The molecule has 8 nitrogen and oxygen atoms in total. The number of anilines is 2. The second-order valence-corrected chi connectivity index (χ2v) is 10.7. The van der Waals surface area contributed by atoms with Crippen LogP contribution in [0.15, 0.2) is 24.5 Å². The molecule has 3 fully saturated rings. The van der Waals surface area contributed by atoms with E-state index in [0.29, 0.717) is 49.0 Å². The molecule has 0 amide bonds. The fourth-order valence-corrected chi connectivity index (χ4v) is 5.75. The molecule has 1 saturated carbocycles. The van der Waals surface area contributed by atoms with Crippen molar-refractivity contribution in [3.63, 3.8) is 0 Å². The number of piperidine rings is 1. The van der Waals surface area contributed by atoms with Gasteiger partial charge in [0.2, 0.25) is 5.95 Å². The highest BCUT2D eigenvalue weighted by Crippen LogP contribution is 2.40. The van der Waals surface area contributed by atoms with Gasteiger partial charge in [0.1, 0.15) is 6.17 Å². The van der Waals surface area contributed by atoms with Crippen molar-refractivity contribution in [2.45, 2.75) is 62.9 Å². The number of hydrogen-bond acceptors (Lipinski definition) is 7. The van der Waals surface area contributed by atoms with Crippen LogP contribution in [0.2, 0.25) is 5.15 Å². The van der Waals surface area contributed by atoms with Crippen molar-refractivity contribution in [3.05, 3.63) is 40.8 Å². The van der Waals surface area contributed by atoms with Gasteiger partial charge in [-0.15, -0.1) is 0 Å². The smallest absolute Gasteiger partial charge is 0.227 e. The molecule has 4 heterocycles. The third kappa shape index (κ3) is 4.08. The quantitative estimate of drug-likeness (QED) is 0.544. The van der Waals surface area contributed by atoms with E-state index in [9.17, 15) is 5.11 Å². The zero-order valence-electron chi connectivity index (χ0n) is 19.9. The van der Waals surface area contributed by atoms with E-state index in [2.05, 4.69) is 20.3 Å². The van der Waals surface area contributed by atoms with E-state index in [1.165, 1.54) is 0 Å². The third-order valence-electron chi connectivity index (χ3n) is 7.89. The molecule has 3 aliphatic rings. The van der Waals surface area contributed by atoms with E-state index in [1.807, 2.05) is 30.7 Å². The average Bonchev–Trinajstić information content (AvgIpc) is 3.54. The minimum absolute atomic E-state index is 0.226. The Labute approximate surface area is 208 Å². The fraction of sp³-hybridized carbons (Fsp3) is 0.560. The summed E-state index contributed by atoms with van der Waals surface area (Å²) in [5.41, 5.74) is 2.91. The molecule has 2 saturated heterocycles. The van der Waals surface area contributed by atoms with E-state index < -0.39 is 17.8 Å². The monoisotopic (exact) mass is 500 g/mol. The number of fused-ring (bicyclic) bond motifs is 1. The van der Waals surface area contributed by atoms with Crippen molar-refractivity contribution in [2.24, 2.45) is 0 Å². The maximum Gasteiger partial charge on any atom is 0.227 e. The highest BCUT2D eigenvalue weighted by Gasteiger charge is 2.47. The highest BCUT2D eigenvalue weighted by molar-refractivity contribution is 6.32. The molecule has 2 N–H and O–H groups in total. The van der Waals surface area contributed by atoms with Gasteiger partial charge in [0.25, 0.3) is 0 Å². The molecule has 186 valence electrons. The standard InChI is InChI=1S/C25H30ClFN6O2/c1-14-7-15-9-28-24(31-21-10-29-33(23(21)26)16-3-4-16)30-20(15)8-18(14)17-5-6-32(11-19(17)27)25(2)13-35-12-22(25)34/h7-10,16-17,19,22,34H,3-6,11-13H2,1-2H3,(H,28,30,31)/t17-,19?,22?,25+/m0/s1. The molecule has 1 aromatic carbocycles. The van der Waals surface area contributed by atoms with Crippen molar-refractivity contribution < 1.29 is 14.2 Å². The van der Waals surface area contributed by atoms with E-state index in [1.54, 1.807) is 12.4 Å². The van der Waals surface area contributed by atoms with Crippen LogP contribution in [0.1, 0.15) is 49.3 Å². The minimum atomic E-state index is -1.05. The Kier molecular flexibility index (Phi) is 5.71. The zero-order chi connectivity index (χ0) is 24.3. The number of halogens is 2. The van der Waals surface area contributed by atoms with Gasteiger partial charge in [0.15, 0.2) is 5.15 Å². The van der Waals surface area contributed by atoms with Gasteiger partial charge >= 0.3 is 0 Å². The summed E-state index contributed by atoms with van der Waals surface area (Å²) in [6, 6.07) is 4.41. The van der Waals surface area contributed by atoms with Crippen LogP contribution in [0.25, 0.3) is 10.9 Å². The molecule has 1 aliphatic carbocycles. The van der Waals surface area contributed by atoms with Crippen LogP contribution < -0.4 is 5.32 Å². The summed E-state index contributed by atoms with van der Waals surface area (Å²) in [6.45, 7) is 5.70. The van der Waals surface area contributed by atoms with Gasteiger partial charge in [0, 0.05) is 24.0 Å². The summed E-state index contributed by atoms with van der Waals surface area (Å²) in [7, 11) is 0. The number of benzene rings is 1. The molecule has 0 radical (unpaired) electrons. The van der Waals surface area contributed by atoms with Gasteiger partial charge in [0.05, 0.1) is 48.3 Å². The molecular weight excluding hydrogens is 471 g/mol. The van der Waals surface area contributed by atoms with Gasteiger partial charge < -0.3 is 15.2 Å². The zero-order valence-corrected chi connectivity index (χ0v) is 20.7. The van der Waals surface area contributed by atoms with Crippen molar-refractivity contribution in [1.29, 1.82) is 0 Å². The lowest BCUT2D eigenvalue weighted by molar-refractivity contribution is -0.0238. The number of likely N-dealkylation sites (tertiary alicyclic amines) is 1. The lowest BCUT2D eigenvalue weighted by atomic mass is 9.82.